The van der Waals surface area contributed by atoms with Gasteiger partial charge in [-0.2, -0.15) is 13.2 Å². The molecule has 3 saturated heterocycles. The van der Waals surface area contributed by atoms with Crippen molar-refractivity contribution in [1.29, 1.82) is 0 Å². The summed E-state index contributed by atoms with van der Waals surface area (Å²) in [5.41, 5.74) is -1.04. The molecule has 0 aromatic heterocycles. The standard InChI is InChI=1S/C20H25F3N2O/c21-20(22,23)18-7-2-1-6-17(18)19(26)25-12-15-8-9-16(13-25)24(11-15)10-14-4-3-5-14/h1-2,6-7,14-16H,3-5,8-13H2/t15-,16-/m0/s1. The summed E-state index contributed by atoms with van der Waals surface area (Å²) in [6, 6.07) is 5.45. The van der Waals surface area contributed by atoms with Gasteiger partial charge in [-0.05, 0) is 49.7 Å². The Hall–Kier alpha value is -1.56. The van der Waals surface area contributed by atoms with Crippen LogP contribution in [0.1, 0.15) is 48.0 Å². The average molecular weight is 366 g/mol. The molecule has 5 rings (SSSR count). The van der Waals surface area contributed by atoms with Crippen molar-refractivity contribution >= 4 is 5.91 Å². The van der Waals surface area contributed by atoms with E-state index in [9.17, 15) is 18.0 Å². The lowest BCUT2D eigenvalue weighted by atomic mass is 9.83. The van der Waals surface area contributed by atoms with Crippen molar-refractivity contribution in [2.75, 3.05) is 26.2 Å². The highest BCUT2D eigenvalue weighted by Gasteiger charge is 2.40. The van der Waals surface area contributed by atoms with Crippen molar-refractivity contribution in [2.45, 2.75) is 44.3 Å². The molecule has 4 aliphatic rings. The topological polar surface area (TPSA) is 23.6 Å². The normalized spacial score (nSPS) is 27.3. The summed E-state index contributed by atoms with van der Waals surface area (Å²) < 4.78 is 39.9. The summed E-state index contributed by atoms with van der Waals surface area (Å²) in [4.78, 5) is 17.1. The van der Waals surface area contributed by atoms with E-state index in [0.717, 1.165) is 37.9 Å². The number of piperidine rings is 1. The Morgan fingerprint density at radius 2 is 1.81 bits per heavy atom. The lowest BCUT2D eigenvalue weighted by Gasteiger charge is -2.40. The third-order valence-corrected chi connectivity index (χ3v) is 6.29. The van der Waals surface area contributed by atoms with Gasteiger partial charge in [0.05, 0.1) is 11.1 Å². The monoisotopic (exact) mass is 366 g/mol. The largest absolute Gasteiger partial charge is 0.417 e. The molecular weight excluding hydrogens is 341 g/mol. The molecule has 2 bridgehead atoms. The Morgan fingerprint density at radius 1 is 1.04 bits per heavy atom. The maximum atomic E-state index is 13.3. The minimum absolute atomic E-state index is 0.216. The summed E-state index contributed by atoms with van der Waals surface area (Å²) in [5, 5.41) is 0. The Kier molecular flexibility index (Phi) is 4.71. The van der Waals surface area contributed by atoms with Gasteiger partial charge in [-0.1, -0.05) is 18.6 Å². The van der Waals surface area contributed by atoms with E-state index in [0.29, 0.717) is 19.0 Å². The van der Waals surface area contributed by atoms with Crippen molar-refractivity contribution in [3.05, 3.63) is 35.4 Å². The second-order valence-corrected chi connectivity index (χ2v) is 8.10. The fourth-order valence-electron chi connectivity index (χ4n) is 4.66. The zero-order valence-electron chi connectivity index (χ0n) is 14.8. The minimum atomic E-state index is -4.51. The van der Waals surface area contributed by atoms with Gasteiger partial charge in [-0.3, -0.25) is 9.69 Å². The molecule has 3 aliphatic heterocycles. The number of nitrogens with zero attached hydrogens (tertiary/aromatic N) is 2. The van der Waals surface area contributed by atoms with Crippen molar-refractivity contribution in [2.24, 2.45) is 11.8 Å². The molecule has 26 heavy (non-hydrogen) atoms. The molecule has 1 aromatic carbocycles. The van der Waals surface area contributed by atoms with Crippen LogP contribution in [0.5, 0.6) is 0 Å². The van der Waals surface area contributed by atoms with Crippen LogP contribution < -0.4 is 0 Å². The van der Waals surface area contributed by atoms with Gasteiger partial charge in [0, 0.05) is 32.2 Å². The van der Waals surface area contributed by atoms with Crippen LogP contribution in [0, 0.1) is 11.8 Å². The van der Waals surface area contributed by atoms with E-state index in [1.807, 2.05) is 0 Å². The number of hydrogen-bond acceptors (Lipinski definition) is 2. The van der Waals surface area contributed by atoms with Gasteiger partial charge in [0.1, 0.15) is 0 Å². The molecule has 4 fully saturated rings. The van der Waals surface area contributed by atoms with E-state index in [1.54, 1.807) is 4.90 Å². The molecule has 0 N–H and O–H groups in total. The van der Waals surface area contributed by atoms with Crippen molar-refractivity contribution in [3.63, 3.8) is 0 Å². The molecule has 3 nitrogen and oxygen atoms in total. The maximum absolute atomic E-state index is 13.3. The lowest BCUT2D eigenvalue weighted by Crippen LogP contribution is -2.47. The summed E-state index contributed by atoms with van der Waals surface area (Å²) in [7, 11) is 0. The number of halogens is 3. The Morgan fingerprint density at radius 3 is 2.50 bits per heavy atom. The van der Waals surface area contributed by atoms with E-state index in [-0.39, 0.29) is 11.6 Å². The molecule has 0 radical (unpaired) electrons. The molecule has 1 amide bonds. The van der Waals surface area contributed by atoms with E-state index >= 15 is 0 Å². The third kappa shape index (κ3) is 3.48. The van der Waals surface area contributed by atoms with E-state index in [2.05, 4.69) is 4.90 Å². The number of amides is 1. The van der Waals surface area contributed by atoms with Crippen LogP contribution in [-0.2, 0) is 6.18 Å². The molecule has 0 unspecified atom stereocenters. The molecule has 1 saturated carbocycles. The van der Waals surface area contributed by atoms with Gasteiger partial charge in [0.2, 0.25) is 0 Å². The van der Waals surface area contributed by atoms with Gasteiger partial charge in [-0.15, -0.1) is 0 Å². The van der Waals surface area contributed by atoms with Crippen LogP contribution in [-0.4, -0.2) is 47.9 Å². The van der Waals surface area contributed by atoms with Crippen LogP contribution >= 0.6 is 0 Å². The summed E-state index contributed by atoms with van der Waals surface area (Å²) >= 11 is 0. The number of benzene rings is 1. The fraction of sp³-hybridized carbons (Fsp3) is 0.650. The van der Waals surface area contributed by atoms with Crippen LogP contribution in [0.25, 0.3) is 0 Å². The maximum Gasteiger partial charge on any atom is 0.417 e. The van der Waals surface area contributed by atoms with Gasteiger partial charge in [0.25, 0.3) is 5.91 Å². The van der Waals surface area contributed by atoms with Gasteiger partial charge in [0.15, 0.2) is 0 Å². The summed E-state index contributed by atoms with van der Waals surface area (Å²) in [5.74, 6) is 0.667. The third-order valence-electron chi connectivity index (χ3n) is 6.29. The van der Waals surface area contributed by atoms with Gasteiger partial charge < -0.3 is 4.90 Å². The van der Waals surface area contributed by atoms with Crippen LogP contribution in [0.4, 0.5) is 13.2 Å². The van der Waals surface area contributed by atoms with E-state index < -0.39 is 17.6 Å². The van der Waals surface area contributed by atoms with Gasteiger partial charge in [-0.25, -0.2) is 0 Å². The molecule has 3 heterocycles. The summed E-state index contributed by atoms with van der Waals surface area (Å²) in [6.45, 7) is 3.19. The van der Waals surface area contributed by atoms with Crippen LogP contribution in [0.15, 0.2) is 24.3 Å². The van der Waals surface area contributed by atoms with Crippen LogP contribution in [0.2, 0.25) is 0 Å². The van der Waals surface area contributed by atoms with Crippen molar-refractivity contribution in [3.8, 4) is 0 Å². The smallest absolute Gasteiger partial charge is 0.337 e. The number of alkyl halides is 3. The number of rotatable bonds is 3. The molecule has 0 spiro atoms. The zero-order chi connectivity index (χ0) is 18.3. The average Bonchev–Trinajstić information content (AvgIpc) is 2.88. The number of carbonyl (C=O) groups is 1. The molecular formula is C20H25F3N2O. The second-order valence-electron chi connectivity index (χ2n) is 8.10. The zero-order valence-corrected chi connectivity index (χ0v) is 14.8. The predicted molar refractivity (Wildman–Crippen MR) is 92.8 cm³/mol. The van der Waals surface area contributed by atoms with Gasteiger partial charge >= 0.3 is 6.18 Å². The van der Waals surface area contributed by atoms with Crippen LogP contribution in [0.3, 0.4) is 0 Å². The number of hydrogen-bond donors (Lipinski definition) is 0. The fourth-order valence-corrected chi connectivity index (χ4v) is 4.66. The van der Waals surface area contributed by atoms with E-state index in [1.165, 1.54) is 37.5 Å². The van der Waals surface area contributed by atoms with Crippen molar-refractivity contribution < 1.29 is 18.0 Å². The second kappa shape index (κ2) is 6.87. The molecule has 142 valence electrons. The summed E-state index contributed by atoms with van der Waals surface area (Å²) in [6.07, 6.45) is 1.49. The quantitative estimate of drug-likeness (QED) is 0.806. The first-order valence-electron chi connectivity index (χ1n) is 9.61. The number of fused-ring (bicyclic) bond motifs is 4. The number of carbonyl (C=O) groups excluding carboxylic acids is 1. The Bertz CT molecular complexity index is 671. The highest BCUT2D eigenvalue weighted by atomic mass is 19.4. The Labute approximate surface area is 152 Å². The molecule has 6 heteroatoms. The first kappa shape index (κ1) is 17.8. The Balaban J connectivity index is 1.53. The van der Waals surface area contributed by atoms with E-state index in [4.69, 9.17) is 0 Å². The lowest BCUT2D eigenvalue weighted by molar-refractivity contribution is -0.138. The molecule has 1 aliphatic carbocycles. The highest BCUT2D eigenvalue weighted by molar-refractivity contribution is 5.96. The SMILES string of the molecule is O=C(c1ccccc1C(F)(F)F)N1C[C@H]2CC[C@@H](C1)N(CC1CCC1)C2. The first-order chi connectivity index (χ1) is 12.4. The highest BCUT2D eigenvalue weighted by Crippen LogP contribution is 2.35. The predicted octanol–water partition coefficient (Wildman–Crippen LogP) is 4.04. The first-order valence-corrected chi connectivity index (χ1v) is 9.61. The molecule has 2 atom stereocenters. The minimum Gasteiger partial charge on any atom is -0.337 e. The molecule has 1 aromatic rings. The van der Waals surface area contributed by atoms with Crippen molar-refractivity contribution in [1.82, 2.24) is 9.80 Å².